The fourth-order valence-electron chi connectivity index (χ4n) is 3.22. The second-order valence-electron chi connectivity index (χ2n) is 6.08. The summed E-state index contributed by atoms with van der Waals surface area (Å²) < 4.78 is 27.4. The highest BCUT2D eigenvalue weighted by Crippen LogP contribution is 2.28. The lowest BCUT2D eigenvalue weighted by atomic mass is 10.0. The van der Waals surface area contributed by atoms with Crippen molar-refractivity contribution in [3.05, 3.63) is 23.8 Å². The van der Waals surface area contributed by atoms with E-state index in [0.717, 1.165) is 38.2 Å². The largest absolute Gasteiger partial charge is 0.385 e. The fraction of sp³-hybridized carbons (Fsp3) is 0.600. The quantitative estimate of drug-likeness (QED) is 0.896. The second-order valence-corrected chi connectivity index (χ2v) is 7.97. The topological polar surface area (TPSA) is 52.7 Å². The Kier molecular flexibility index (Phi) is 3.94. The van der Waals surface area contributed by atoms with Crippen molar-refractivity contribution in [2.75, 3.05) is 38.5 Å². The van der Waals surface area contributed by atoms with Crippen molar-refractivity contribution in [3.8, 4) is 0 Å². The minimum atomic E-state index is -3.40. The molecule has 0 aliphatic carbocycles. The molecule has 1 atom stereocenters. The van der Waals surface area contributed by atoms with Crippen molar-refractivity contribution in [3.63, 3.8) is 0 Å². The maximum absolute atomic E-state index is 12.9. The predicted molar refractivity (Wildman–Crippen MR) is 84.1 cm³/mol. The van der Waals surface area contributed by atoms with Gasteiger partial charge in [-0.15, -0.1) is 0 Å². The first-order valence-corrected chi connectivity index (χ1v) is 8.99. The molecule has 1 fully saturated rings. The number of piperazine rings is 1. The monoisotopic (exact) mass is 309 g/mol. The molecule has 5 nitrogen and oxygen atoms in total. The first kappa shape index (κ1) is 14.8. The number of benzene rings is 1. The number of anilines is 1. The van der Waals surface area contributed by atoms with E-state index in [1.807, 2.05) is 20.0 Å². The lowest BCUT2D eigenvalue weighted by Crippen LogP contribution is -2.52. The van der Waals surface area contributed by atoms with E-state index >= 15 is 0 Å². The van der Waals surface area contributed by atoms with E-state index in [0.29, 0.717) is 11.4 Å². The number of nitrogens with zero attached hydrogens (tertiary/aromatic N) is 2. The molecule has 6 heteroatoms. The van der Waals surface area contributed by atoms with Gasteiger partial charge in [0.05, 0.1) is 4.90 Å². The Hall–Kier alpha value is -1.11. The van der Waals surface area contributed by atoms with Crippen LogP contribution in [-0.2, 0) is 16.4 Å². The third-order valence-corrected chi connectivity index (χ3v) is 6.41. The Morgan fingerprint density at radius 1 is 1.29 bits per heavy atom. The average molecular weight is 309 g/mol. The lowest BCUT2D eigenvalue weighted by Gasteiger charge is -2.37. The van der Waals surface area contributed by atoms with Gasteiger partial charge in [0.25, 0.3) is 0 Å². The molecule has 1 N–H and O–H groups in total. The van der Waals surface area contributed by atoms with Crippen molar-refractivity contribution in [1.29, 1.82) is 0 Å². The molecule has 1 unspecified atom stereocenters. The molecule has 0 spiro atoms. The molecule has 0 radical (unpaired) electrons. The van der Waals surface area contributed by atoms with Gasteiger partial charge in [0.1, 0.15) is 0 Å². The maximum atomic E-state index is 12.9. The summed E-state index contributed by atoms with van der Waals surface area (Å²) in [7, 11) is -1.37. The molecule has 21 heavy (non-hydrogen) atoms. The zero-order valence-electron chi connectivity index (χ0n) is 12.7. The molecule has 0 bridgehead atoms. The smallest absolute Gasteiger partial charge is 0.243 e. The van der Waals surface area contributed by atoms with E-state index in [1.165, 1.54) is 5.56 Å². The molecular weight excluding hydrogens is 286 g/mol. The first-order chi connectivity index (χ1) is 9.98. The third kappa shape index (κ3) is 2.80. The predicted octanol–water partition coefficient (Wildman–Crippen LogP) is 1.37. The van der Waals surface area contributed by atoms with Gasteiger partial charge in [-0.05, 0) is 44.5 Å². The normalized spacial score (nSPS) is 24.4. The summed E-state index contributed by atoms with van der Waals surface area (Å²) in [6, 6.07) is 5.52. The molecule has 0 amide bonds. The number of fused-ring (bicyclic) bond motifs is 1. The number of aryl methyl sites for hydroxylation is 1. The standard InChI is InChI=1S/C15H23N3O2S/c1-12-11-17(2)8-9-18(12)21(19,20)14-6-5-13-4-3-7-16-15(13)10-14/h5-6,10,12,16H,3-4,7-9,11H2,1-2H3. The molecule has 0 aromatic heterocycles. The highest BCUT2D eigenvalue weighted by molar-refractivity contribution is 7.89. The van der Waals surface area contributed by atoms with E-state index in [9.17, 15) is 8.42 Å². The van der Waals surface area contributed by atoms with Crippen molar-refractivity contribution in [1.82, 2.24) is 9.21 Å². The molecule has 1 saturated heterocycles. The Labute approximate surface area is 127 Å². The molecule has 116 valence electrons. The number of nitrogens with one attached hydrogen (secondary N) is 1. The number of rotatable bonds is 2. The van der Waals surface area contributed by atoms with E-state index < -0.39 is 10.0 Å². The lowest BCUT2D eigenvalue weighted by molar-refractivity contribution is 0.170. The Morgan fingerprint density at radius 3 is 2.86 bits per heavy atom. The van der Waals surface area contributed by atoms with Crippen LogP contribution in [0.3, 0.4) is 0 Å². The third-order valence-electron chi connectivity index (χ3n) is 4.40. The maximum Gasteiger partial charge on any atom is 0.243 e. The summed E-state index contributed by atoms with van der Waals surface area (Å²) in [6.07, 6.45) is 2.13. The van der Waals surface area contributed by atoms with Gasteiger partial charge in [-0.3, -0.25) is 0 Å². The average Bonchev–Trinajstić information content (AvgIpc) is 2.46. The van der Waals surface area contributed by atoms with E-state index in [-0.39, 0.29) is 6.04 Å². The summed E-state index contributed by atoms with van der Waals surface area (Å²) >= 11 is 0. The van der Waals surface area contributed by atoms with Gasteiger partial charge in [-0.25, -0.2) is 8.42 Å². The molecule has 2 aliphatic rings. The number of sulfonamides is 1. The van der Waals surface area contributed by atoms with Crippen LogP contribution in [0.25, 0.3) is 0 Å². The molecule has 1 aromatic carbocycles. The Morgan fingerprint density at radius 2 is 2.10 bits per heavy atom. The van der Waals surface area contributed by atoms with Gasteiger partial charge in [-0.2, -0.15) is 4.31 Å². The van der Waals surface area contributed by atoms with Crippen LogP contribution in [0.1, 0.15) is 18.9 Å². The van der Waals surface area contributed by atoms with Crippen molar-refractivity contribution in [2.45, 2.75) is 30.7 Å². The number of hydrogen-bond acceptors (Lipinski definition) is 4. The molecule has 0 saturated carbocycles. The van der Waals surface area contributed by atoms with Crippen molar-refractivity contribution in [2.24, 2.45) is 0 Å². The van der Waals surface area contributed by atoms with Crippen LogP contribution >= 0.6 is 0 Å². The number of hydrogen-bond donors (Lipinski definition) is 1. The van der Waals surface area contributed by atoms with E-state index in [1.54, 1.807) is 16.4 Å². The molecule has 2 heterocycles. The zero-order chi connectivity index (χ0) is 15.0. The van der Waals surface area contributed by atoms with Crippen LogP contribution in [0.5, 0.6) is 0 Å². The summed E-state index contributed by atoms with van der Waals surface area (Å²) in [4.78, 5) is 2.58. The zero-order valence-corrected chi connectivity index (χ0v) is 13.5. The highest BCUT2D eigenvalue weighted by atomic mass is 32.2. The van der Waals surface area contributed by atoms with E-state index in [2.05, 4.69) is 10.2 Å². The molecule has 2 aliphatic heterocycles. The molecule has 1 aromatic rings. The second kappa shape index (κ2) is 5.59. The van der Waals surface area contributed by atoms with Crippen LogP contribution < -0.4 is 5.32 Å². The van der Waals surface area contributed by atoms with Crippen LogP contribution in [0.2, 0.25) is 0 Å². The van der Waals surface area contributed by atoms with Crippen LogP contribution in [0, 0.1) is 0 Å². The number of likely N-dealkylation sites (N-methyl/N-ethyl adjacent to an activating group) is 1. The fourth-order valence-corrected chi connectivity index (χ4v) is 4.86. The van der Waals surface area contributed by atoms with Gasteiger partial charge in [0, 0.05) is 37.9 Å². The molecular formula is C15H23N3O2S. The Bertz CT molecular complexity index is 630. The minimum Gasteiger partial charge on any atom is -0.385 e. The summed E-state index contributed by atoms with van der Waals surface area (Å²) in [5.74, 6) is 0. The van der Waals surface area contributed by atoms with Crippen molar-refractivity contribution >= 4 is 15.7 Å². The summed E-state index contributed by atoms with van der Waals surface area (Å²) in [6.45, 7) is 5.02. The highest BCUT2D eigenvalue weighted by Gasteiger charge is 2.33. The van der Waals surface area contributed by atoms with Crippen LogP contribution in [0.4, 0.5) is 5.69 Å². The van der Waals surface area contributed by atoms with Gasteiger partial charge >= 0.3 is 0 Å². The van der Waals surface area contributed by atoms with Gasteiger partial charge in [0.2, 0.25) is 10.0 Å². The van der Waals surface area contributed by atoms with Crippen LogP contribution in [-0.4, -0.2) is 56.9 Å². The summed E-state index contributed by atoms with van der Waals surface area (Å²) in [5, 5.41) is 3.31. The SMILES string of the molecule is CC1CN(C)CCN1S(=O)(=O)c1ccc2c(c1)NCCC2. The Balaban J connectivity index is 1.91. The minimum absolute atomic E-state index is 0.0118. The van der Waals surface area contributed by atoms with Gasteiger partial charge < -0.3 is 10.2 Å². The van der Waals surface area contributed by atoms with Crippen molar-refractivity contribution < 1.29 is 8.42 Å². The van der Waals surface area contributed by atoms with Crippen LogP contribution in [0.15, 0.2) is 23.1 Å². The van der Waals surface area contributed by atoms with Gasteiger partial charge in [-0.1, -0.05) is 6.07 Å². The summed E-state index contributed by atoms with van der Waals surface area (Å²) in [5.41, 5.74) is 2.19. The molecule has 3 rings (SSSR count). The van der Waals surface area contributed by atoms with Gasteiger partial charge in [0.15, 0.2) is 0 Å². The van der Waals surface area contributed by atoms with E-state index in [4.69, 9.17) is 0 Å². The first-order valence-electron chi connectivity index (χ1n) is 7.55.